The van der Waals surface area contributed by atoms with Crippen molar-refractivity contribution in [2.24, 2.45) is 0 Å². The van der Waals surface area contributed by atoms with E-state index in [0.717, 1.165) is 17.4 Å². The summed E-state index contributed by atoms with van der Waals surface area (Å²) in [6, 6.07) is 12.6. The molecule has 0 aliphatic carbocycles. The van der Waals surface area contributed by atoms with Gasteiger partial charge in [0.15, 0.2) is 23.8 Å². The third kappa shape index (κ3) is 4.03. The molecule has 2 aromatic carbocycles. The minimum atomic E-state index is -0.613. The number of nitrogens with one attached hydrogen (secondary N) is 2. The van der Waals surface area contributed by atoms with E-state index in [4.69, 9.17) is 9.15 Å². The third-order valence-electron chi connectivity index (χ3n) is 4.88. The normalized spacial score (nSPS) is 15.1. The second-order valence-corrected chi connectivity index (χ2v) is 6.99. The molecule has 0 saturated carbocycles. The smallest absolute Gasteiger partial charge is 0.229 e. The monoisotopic (exact) mass is 419 g/mol. The van der Waals surface area contributed by atoms with E-state index in [1.54, 1.807) is 24.4 Å². The molecule has 8 nitrogen and oxygen atoms in total. The SMILES string of the molecule is OC1CCOc2ccc(Nc3nc(Nc4ccc(-c5cnco5)cc4)ncc3F)cc21. The van der Waals surface area contributed by atoms with Gasteiger partial charge in [-0.3, -0.25) is 0 Å². The topological polar surface area (TPSA) is 105 Å². The number of nitrogens with zero attached hydrogens (tertiary/aromatic N) is 3. The van der Waals surface area contributed by atoms with Crippen molar-refractivity contribution in [1.29, 1.82) is 0 Å². The van der Waals surface area contributed by atoms with Crippen LogP contribution in [0.3, 0.4) is 0 Å². The van der Waals surface area contributed by atoms with Gasteiger partial charge < -0.3 is 24.9 Å². The Labute approximate surface area is 176 Å². The lowest BCUT2D eigenvalue weighted by molar-refractivity contribution is 0.115. The van der Waals surface area contributed by atoms with E-state index in [-0.39, 0.29) is 11.8 Å². The fourth-order valence-electron chi connectivity index (χ4n) is 3.31. The van der Waals surface area contributed by atoms with Crippen molar-refractivity contribution in [3.63, 3.8) is 0 Å². The van der Waals surface area contributed by atoms with Gasteiger partial charge in [-0.1, -0.05) is 0 Å². The highest BCUT2D eigenvalue weighted by atomic mass is 19.1. The minimum absolute atomic E-state index is 0.0157. The van der Waals surface area contributed by atoms with Crippen LogP contribution in [0.2, 0.25) is 0 Å². The highest BCUT2D eigenvalue weighted by Gasteiger charge is 2.20. The Morgan fingerprint density at radius 3 is 2.68 bits per heavy atom. The zero-order chi connectivity index (χ0) is 21.2. The Hall–Kier alpha value is -3.98. The summed E-state index contributed by atoms with van der Waals surface area (Å²) in [4.78, 5) is 12.1. The molecule has 0 fully saturated rings. The zero-order valence-corrected chi connectivity index (χ0v) is 16.2. The Bertz CT molecular complexity index is 1200. The van der Waals surface area contributed by atoms with Crippen LogP contribution in [0, 0.1) is 5.82 Å². The van der Waals surface area contributed by atoms with Gasteiger partial charge in [-0.25, -0.2) is 14.4 Å². The first kappa shape index (κ1) is 19.0. The molecule has 0 spiro atoms. The van der Waals surface area contributed by atoms with Crippen LogP contribution < -0.4 is 15.4 Å². The first-order valence-electron chi connectivity index (χ1n) is 9.66. The van der Waals surface area contributed by atoms with Crippen LogP contribution in [0.5, 0.6) is 5.75 Å². The van der Waals surface area contributed by atoms with Crippen LogP contribution in [-0.4, -0.2) is 26.7 Å². The van der Waals surface area contributed by atoms with Crippen LogP contribution in [0.25, 0.3) is 11.3 Å². The van der Waals surface area contributed by atoms with E-state index in [2.05, 4.69) is 25.6 Å². The molecule has 0 radical (unpaired) electrons. The number of oxazole rings is 1. The summed E-state index contributed by atoms with van der Waals surface area (Å²) in [5, 5.41) is 16.2. The maximum absolute atomic E-state index is 14.3. The molecule has 5 rings (SSSR count). The molecular formula is C22H18FN5O3. The number of hydrogen-bond acceptors (Lipinski definition) is 8. The average molecular weight is 419 g/mol. The van der Waals surface area contributed by atoms with Gasteiger partial charge in [-0.15, -0.1) is 0 Å². The molecule has 3 heterocycles. The van der Waals surface area contributed by atoms with Crippen LogP contribution in [0.4, 0.5) is 27.5 Å². The minimum Gasteiger partial charge on any atom is -0.493 e. The van der Waals surface area contributed by atoms with E-state index in [0.29, 0.717) is 35.8 Å². The van der Waals surface area contributed by atoms with Crippen LogP contribution >= 0.6 is 0 Å². The fraction of sp³-hybridized carbons (Fsp3) is 0.136. The standard InChI is InChI=1S/C22H18FN5O3/c23-17-10-25-22(27-14-3-1-13(2-4-14)20-11-24-12-31-20)28-21(17)26-15-5-6-19-16(9-15)18(29)7-8-30-19/h1-6,9-12,18,29H,7-8H2,(H2,25,26,27,28). The van der Waals surface area contributed by atoms with E-state index >= 15 is 0 Å². The molecule has 2 aromatic heterocycles. The van der Waals surface area contributed by atoms with E-state index in [1.807, 2.05) is 24.3 Å². The van der Waals surface area contributed by atoms with Gasteiger partial charge in [0.1, 0.15) is 5.75 Å². The fourth-order valence-corrected chi connectivity index (χ4v) is 3.31. The number of benzene rings is 2. The summed E-state index contributed by atoms with van der Waals surface area (Å²) in [7, 11) is 0. The molecular weight excluding hydrogens is 401 g/mol. The summed E-state index contributed by atoms with van der Waals surface area (Å²) in [5.74, 6) is 0.945. The number of fused-ring (bicyclic) bond motifs is 1. The second-order valence-electron chi connectivity index (χ2n) is 6.99. The lowest BCUT2D eigenvalue weighted by Crippen LogP contribution is -2.14. The van der Waals surface area contributed by atoms with E-state index in [9.17, 15) is 9.50 Å². The van der Waals surface area contributed by atoms with Gasteiger partial charge in [-0.05, 0) is 42.5 Å². The Morgan fingerprint density at radius 2 is 1.87 bits per heavy atom. The van der Waals surface area contributed by atoms with Gasteiger partial charge in [0.05, 0.1) is 25.1 Å². The van der Waals surface area contributed by atoms with Crippen molar-refractivity contribution in [2.45, 2.75) is 12.5 Å². The van der Waals surface area contributed by atoms with Gasteiger partial charge >= 0.3 is 0 Å². The van der Waals surface area contributed by atoms with Crippen molar-refractivity contribution in [2.75, 3.05) is 17.2 Å². The molecule has 1 aliphatic heterocycles. The van der Waals surface area contributed by atoms with Gasteiger partial charge in [-0.2, -0.15) is 4.98 Å². The van der Waals surface area contributed by atoms with Gasteiger partial charge in [0, 0.05) is 28.9 Å². The van der Waals surface area contributed by atoms with Crippen molar-refractivity contribution >= 4 is 23.1 Å². The number of anilines is 4. The molecule has 31 heavy (non-hydrogen) atoms. The maximum atomic E-state index is 14.3. The summed E-state index contributed by atoms with van der Waals surface area (Å²) < 4.78 is 25.1. The highest BCUT2D eigenvalue weighted by Crippen LogP contribution is 2.34. The number of aromatic nitrogens is 3. The molecule has 156 valence electrons. The third-order valence-corrected chi connectivity index (χ3v) is 4.88. The number of aliphatic hydroxyl groups excluding tert-OH is 1. The number of ether oxygens (including phenoxy) is 1. The van der Waals surface area contributed by atoms with Crippen molar-refractivity contribution < 1.29 is 18.7 Å². The molecule has 1 unspecified atom stereocenters. The number of aliphatic hydroxyl groups is 1. The highest BCUT2D eigenvalue weighted by molar-refractivity contribution is 5.65. The maximum Gasteiger partial charge on any atom is 0.229 e. The number of hydrogen-bond donors (Lipinski definition) is 3. The molecule has 0 bridgehead atoms. The lowest BCUT2D eigenvalue weighted by atomic mass is 10.0. The average Bonchev–Trinajstić information content (AvgIpc) is 3.32. The van der Waals surface area contributed by atoms with Crippen molar-refractivity contribution in [3.05, 3.63) is 72.6 Å². The molecule has 9 heteroatoms. The predicted octanol–water partition coefficient (Wildman–Crippen LogP) is 4.57. The predicted molar refractivity (Wildman–Crippen MR) is 112 cm³/mol. The van der Waals surface area contributed by atoms with Crippen LogP contribution in [-0.2, 0) is 0 Å². The quantitative estimate of drug-likeness (QED) is 0.432. The Balaban J connectivity index is 1.34. The number of rotatable bonds is 5. The first-order valence-corrected chi connectivity index (χ1v) is 9.66. The van der Waals surface area contributed by atoms with Gasteiger partial charge in [0.25, 0.3) is 0 Å². The summed E-state index contributed by atoms with van der Waals surface area (Å²) in [6.07, 6.45) is 4.00. The molecule has 4 aromatic rings. The van der Waals surface area contributed by atoms with Crippen LogP contribution in [0.1, 0.15) is 18.1 Å². The molecule has 1 aliphatic rings. The summed E-state index contributed by atoms with van der Waals surface area (Å²) >= 11 is 0. The molecule has 0 amide bonds. The van der Waals surface area contributed by atoms with Crippen molar-refractivity contribution in [3.8, 4) is 17.1 Å². The molecule has 3 N–H and O–H groups in total. The van der Waals surface area contributed by atoms with Gasteiger partial charge in [0.2, 0.25) is 5.95 Å². The summed E-state index contributed by atoms with van der Waals surface area (Å²) in [5.41, 5.74) is 2.86. The Kier molecular flexibility index (Phi) is 4.93. The van der Waals surface area contributed by atoms with Crippen LogP contribution in [0.15, 0.2) is 65.7 Å². The van der Waals surface area contributed by atoms with E-state index < -0.39 is 11.9 Å². The van der Waals surface area contributed by atoms with E-state index in [1.165, 1.54) is 6.39 Å². The first-order chi connectivity index (χ1) is 15.2. The van der Waals surface area contributed by atoms with Crippen molar-refractivity contribution in [1.82, 2.24) is 15.0 Å². The Morgan fingerprint density at radius 1 is 1.03 bits per heavy atom. The second kappa shape index (κ2) is 8.04. The summed E-state index contributed by atoms with van der Waals surface area (Å²) in [6.45, 7) is 0.468. The largest absolute Gasteiger partial charge is 0.493 e. The zero-order valence-electron chi connectivity index (χ0n) is 16.2. The lowest BCUT2D eigenvalue weighted by Gasteiger charge is -2.22. The molecule has 1 atom stereocenters. The molecule has 0 saturated heterocycles. The number of halogens is 1.